The summed E-state index contributed by atoms with van der Waals surface area (Å²) in [6.07, 6.45) is 1.04. The first-order chi connectivity index (χ1) is 13.0. The zero-order valence-electron chi connectivity index (χ0n) is 15.8. The van der Waals surface area contributed by atoms with Crippen LogP contribution in [0, 0.1) is 17.0 Å². The topological polar surface area (TPSA) is 90.6 Å². The van der Waals surface area contributed by atoms with E-state index in [1.54, 1.807) is 6.92 Å². The molecular weight excluding hydrogens is 348 g/mol. The molecule has 8 nitrogen and oxygen atoms in total. The highest BCUT2D eigenvalue weighted by molar-refractivity contribution is 5.51. The van der Waals surface area contributed by atoms with Crippen molar-refractivity contribution in [3.63, 3.8) is 0 Å². The third kappa shape index (κ3) is 4.33. The number of aromatic nitrogens is 2. The molecule has 3 rings (SSSR count). The molecule has 1 aliphatic heterocycles. The van der Waals surface area contributed by atoms with Crippen LogP contribution >= 0.6 is 0 Å². The van der Waals surface area contributed by atoms with Gasteiger partial charge in [-0.3, -0.25) is 10.1 Å². The molecule has 0 N–H and O–H groups in total. The fourth-order valence-corrected chi connectivity index (χ4v) is 2.92. The lowest BCUT2D eigenvalue weighted by Gasteiger charge is -2.27. The summed E-state index contributed by atoms with van der Waals surface area (Å²) in [7, 11) is 0. The maximum atomic E-state index is 11.5. The van der Waals surface area contributed by atoms with Crippen molar-refractivity contribution in [3.8, 4) is 11.6 Å². The standard InChI is InChI=1S/C19H24N4O4/c1-4-13(2)15-5-7-16(8-6-15)27-18-17(23(24)25)14(3)20-19(21-18)22-9-11-26-12-10-22/h5-8,13H,4,9-12H2,1-3H3/t13-/m0/s1. The van der Waals surface area contributed by atoms with Gasteiger partial charge in [0.15, 0.2) is 0 Å². The number of nitrogens with zero attached hydrogens (tertiary/aromatic N) is 4. The summed E-state index contributed by atoms with van der Waals surface area (Å²) in [6.45, 7) is 8.32. The minimum absolute atomic E-state index is 0.0368. The molecule has 1 aromatic carbocycles. The van der Waals surface area contributed by atoms with Gasteiger partial charge in [-0.1, -0.05) is 26.0 Å². The van der Waals surface area contributed by atoms with Crippen molar-refractivity contribution < 1.29 is 14.4 Å². The molecule has 8 heteroatoms. The van der Waals surface area contributed by atoms with Crippen molar-refractivity contribution in [2.24, 2.45) is 0 Å². The lowest BCUT2D eigenvalue weighted by atomic mass is 9.99. The number of benzene rings is 1. The summed E-state index contributed by atoms with van der Waals surface area (Å²) in [4.78, 5) is 21.6. The van der Waals surface area contributed by atoms with Gasteiger partial charge in [-0.15, -0.1) is 0 Å². The minimum atomic E-state index is -0.499. The van der Waals surface area contributed by atoms with E-state index in [2.05, 4.69) is 23.8 Å². The maximum absolute atomic E-state index is 11.5. The quantitative estimate of drug-likeness (QED) is 0.562. The lowest BCUT2D eigenvalue weighted by Crippen LogP contribution is -2.37. The minimum Gasteiger partial charge on any atom is -0.434 e. The van der Waals surface area contributed by atoms with Crippen molar-refractivity contribution in [1.82, 2.24) is 9.97 Å². The number of morpholine rings is 1. The molecule has 1 aromatic heterocycles. The first-order valence-corrected chi connectivity index (χ1v) is 9.13. The van der Waals surface area contributed by atoms with E-state index in [-0.39, 0.29) is 17.3 Å². The van der Waals surface area contributed by atoms with Crippen LogP contribution in [0.25, 0.3) is 0 Å². The number of hydrogen-bond acceptors (Lipinski definition) is 7. The second-order valence-electron chi connectivity index (χ2n) is 6.60. The van der Waals surface area contributed by atoms with Crippen molar-refractivity contribution in [2.75, 3.05) is 31.2 Å². The second-order valence-corrected chi connectivity index (χ2v) is 6.60. The van der Waals surface area contributed by atoms with Crippen LogP contribution in [0.1, 0.15) is 37.4 Å². The molecule has 1 saturated heterocycles. The van der Waals surface area contributed by atoms with Crippen LogP contribution in [0.15, 0.2) is 24.3 Å². The first kappa shape index (κ1) is 19.0. The second kappa shape index (κ2) is 8.30. The highest BCUT2D eigenvalue weighted by atomic mass is 16.6. The molecule has 2 heterocycles. The number of anilines is 1. The molecule has 0 amide bonds. The zero-order chi connectivity index (χ0) is 19.4. The monoisotopic (exact) mass is 372 g/mol. The molecular formula is C19H24N4O4. The van der Waals surface area contributed by atoms with Crippen LogP contribution in [-0.2, 0) is 4.74 Å². The van der Waals surface area contributed by atoms with Crippen molar-refractivity contribution >= 4 is 11.6 Å². The summed E-state index contributed by atoms with van der Waals surface area (Å²) >= 11 is 0. The van der Waals surface area contributed by atoms with Crippen LogP contribution in [0.4, 0.5) is 11.6 Å². The Morgan fingerprint density at radius 2 is 1.93 bits per heavy atom. The van der Waals surface area contributed by atoms with Crippen LogP contribution in [-0.4, -0.2) is 41.2 Å². The van der Waals surface area contributed by atoms with Gasteiger partial charge in [0.1, 0.15) is 11.4 Å². The molecule has 0 radical (unpaired) electrons. The summed E-state index contributed by atoms with van der Waals surface area (Å²) < 4.78 is 11.1. The normalized spacial score (nSPS) is 15.4. The molecule has 0 unspecified atom stereocenters. The fourth-order valence-electron chi connectivity index (χ4n) is 2.92. The molecule has 27 heavy (non-hydrogen) atoms. The van der Waals surface area contributed by atoms with Crippen LogP contribution in [0.3, 0.4) is 0 Å². The molecule has 1 fully saturated rings. The lowest BCUT2D eigenvalue weighted by molar-refractivity contribution is -0.386. The zero-order valence-corrected chi connectivity index (χ0v) is 15.8. The van der Waals surface area contributed by atoms with Crippen molar-refractivity contribution in [3.05, 3.63) is 45.6 Å². The van der Waals surface area contributed by atoms with Gasteiger partial charge in [0.2, 0.25) is 5.95 Å². The Morgan fingerprint density at radius 1 is 1.26 bits per heavy atom. The molecule has 1 atom stereocenters. The van der Waals surface area contributed by atoms with Gasteiger partial charge in [-0.05, 0) is 37.0 Å². The van der Waals surface area contributed by atoms with Gasteiger partial charge in [0, 0.05) is 13.1 Å². The van der Waals surface area contributed by atoms with Crippen molar-refractivity contribution in [2.45, 2.75) is 33.1 Å². The Labute approximate surface area is 158 Å². The Balaban J connectivity index is 1.92. The van der Waals surface area contributed by atoms with E-state index in [0.717, 1.165) is 6.42 Å². The summed E-state index contributed by atoms with van der Waals surface area (Å²) in [5.74, 6) is 1.34. The Kier molecular flexibility index (Phi) is 5.85. The Bertz CT molecular complexity index is 804. The average molecular weight is 372 g/mol. The van der Waals surface area contributed by atoms with E-state index in [4.69, 9.17) is 9.47 Å². The van der Waals surface area contributed by atoms with Gasteiger partial charge in [0.25, 0.3) is 0 Å². The Hall–Kier alpha value is -2.74. The van der Waals surface area contributed by atoms with Gasteiger partial charge in [-0.25, -0.2) is 4.98 Å². The largest absolute Gasteiger partial charge is 0.434 e. The molecule has 0 spiro atoms. The average Bonchev–Trinajstić information content (AvgIpc) is 2.68. The summed E-state index contributed by atoms with van der Waals surface area (Å²) in [6, 6.07) is 7.59. The Morgan fingerprint density at radius 3 is 2.52 bits per heavy atom. The summed E-state index contributed by atoms with van der Waals surface area (Å²) in [5, 5.41) is 11.5. The van der Waals surface area contributed by atoms with Crippen LogP contribution in [0.5, 0.6) is 11.6 Å². The number of rotatable bonds is 6. The molecule has 144 valence electrons. The maximum Gasteiger partial charge on any atom is 0.352 e. The number of hydrogen-bond donors (Lipinski definition) is 0. The van der Waals surface area contributed by atoms with E-state index in [9.17, 15) is 10.1 Å². The first-order valence-electron chi connectivity index (χ1n) is 9.13. The molecule has 0 saturated carbocycles. The number of aryl methyl sites for hydroxylation is 1. The van der Waals surface area contributed by atoms with Gasteiger partial charge >= 0.3 is 11.6 Å². The third-order valence-electron chi connectivity index (χ3n) is 4.77. The third-order valence-corrected chi connectivity index (χ3v) is 4.77. The SMILES string of the molecule is CC[C@H](C)c1ccc(Oc2nc(N3CCOCC3)nc(C)c2[N+](=O)[O-])cc1. The highest BCUT2D eigenvalue weighted by Crippen LogP contribution is 2.34. The molecule has 1 aliphatic rings. The van der Waals surface area contributed by atoms with E-state index >= 15 is 0 Å². The number of nitro groups is 1. The molecule has 2 aromatic rings. The molecule has 0 aliphatic carbocycles. The summed E-state index contributed by atoms with van der Waals surface area (Å²) in [5.41, 5.74) is 1.27. The number of ether oxygens (including phenoxy) is 2. The van der Waals surface area contributed by atoms with E-state index < -0.39 is 4.92 Å². The van der Waals surface area contributed by atoms with Gasteiger partial charge in [0.05, 0.1) is 18.1 Å². The van der Waals surface area contributed by atoms with E-state index in [0.29, 0.717) is 43.9 Å². The van der Waals surface area contributed by atoms with Gasteiger partial charge < -0.3 is 14.4 Å². The smallest absolute Gasteiger partial charge is 0.352 e. The fraction of sp³-hybridized carbons (Fsp3) is 0.474. The van der Waals surface area contributed by atoms with E-state index in [1.807, 2.05) is 29.2 Å². The predicted molar refractivity (Wildman–Crippen MR) is 102 cm³/mol. The predicted octanol–water partition coefficient (Wildman–Crippen LogP) is 3.84. The highest BCUT2D eigenvalue weighted by Gasteiger charge is 2.26. The van der Waals surface area contributed by atoms with Gasteiger partial charge in [-0.2, -0.15) is 4.98 Å². The van der Waals surface area contributed by atoms with Crippen molar-refractivity contribution in [1.29, 1.82) is 0 Å². The van der Waals surface area contributed by atoms with E-state index in [1.165, 1.54) is 5.56 Å². The van der Waals surface area contributed by atoms with Crippen LogP contribution < -0.4 is 9.64 Å². The molecule has 0 bridgehead atoms. The van der Waals surface area contributed by atoms with Crippen LogP contribution in [0.2, 0.25) is 0 Å².